The van der Waals surface area contributed by atoms with Crippen LogP contribution in [0.15, 0.2) is 83.9 Å². The van der Waals surface area contributed by atoms with Crippen molar-refractivity contribution in [2.24, 2.45) is 0 Å². The number of fused-ring (bicyclic) bond motifs is 1. The van der Waals surface area contributed by atoms with Crippen LogP contribution in [0.1, 0.15) is 30.5 Å². The van der Waals surface area contributed by atoms with E-state index in [1.165, 1.54) is 10.0 Å². The summed E-state index contributed by atoms with van der Waals surface area (Å²) in [7, 11) is 0.395. The summed E-state index contributed by atoms with van der Waals surface area (Å²) in [6, 6.07) is 20.9. The number of nitrogens with zero attached hydrogens (tertiary/aromatic N) is 4. The fraction of sp³-hybridized carbons (Fsp3) is 0.321. The first-order valence-corrected chi connectivity index (χ1v) is 13.7. The van der Waals surface area contributed by atoms with E-state index in [2.05, 4.69) is 28.9 Å². The highest BCUT2D eigenvalue weighted by Crippen LogP contribution is 2.27. The molecular formula is C28H33FN4O2S. The van der Waals surface area contributed by atoms with Gasteiger partial charge in [-0.15, -0.1) is 0 Å². The van der Waals surface area contributed by atoms with Gasteiger partial charge in [0.25, 0.3) is 10.0 Å². The van der Waals surface area contributed by atoms with Crippen molar-refractivity contribution in [1.29, 1.82) is 0 Å². The minimum atomic E-state index is -3.75. The van der Waals surface area contributed by atoms with Gasteiger partial charge in [-0.3, -0.25) is 4.90 Å². The minimum Gasteiger partial charge on any atom is -0.309 e. The van der Waals surface area contributed by atoms with Gasteiger partial charge in [-0.1, -0.05) is 48.9 Å². The van der Waals surface area contributed by atoms with Gasteiger partial charge in [0.1, 0.15) is 0 Å². The highest BCUT2D eigenvalue weighted by molar-refractivity contribution is 7.90. The topological polar surface area (TPSA) is 58.4 Å². The molecule has 0 atom stereocenters. The Morgan fingerprint density at radius 2 is 1.56 bits per heavy atom. The van der Waals surface area contributed by atoms with E-state index in [0.29, 0.717) is 24.3 Å². The van der Waals surface area contributed by atoms with Crippen LogP contribution in [0.2, 0.25) is 0 Å². The van der Waals surface area contributed by atoms with Gasteiger partial charge in [-0.25, -0.2) is 17.4 Å². The lowest BCUT2D eigenvalue weighted by Crippen LogP contribution is -2.25. The van der Waals surface area contributed by atoms with E-state index in [9.17, 15) is 12.8 Å². The van der Waals surface area contributed by atoms with Gasteiger partial charge in [0.2, 0.25) is 5.95 Å². The molecule has 4 aromatic rings. The zero-order valence-electron chi connectivity index (χ0n) is 20.8. The average Bonchev–Trinajstić information content (AvgIpc) is 3.23. The van der Waals surface area contributed by atoms with E-state index in [1.807, 2.05) is 30.3 Å². The maximum atomic E-state index is 13.8. The molecule has 0 amide bonds. The minimum absolute atomic E-state index is 0.249. The van der Waals surface area contributed by atoms with Crippen molar-refractivity contribution in [3.8, 4) is 0 Å². The van der Waals surface area contributed by atoms with Gasteiger partial charge in [-0.05, 0) is 75.9 Å². The monoisotopic (exact) mass is 508 g/mol. The number of para-hydroxylation sites is 1. The third-order valence-electron chi connectivity index (χ3n) is 6.19. The van der Waals surface area contributed by atoms with Crippen LogP contribution >= 0.6 is 0 Å². The lowest BCUT2D eigenvalue weighted by molar-refractivity contribution is 0.245. The zero-order chi connectivity index (χ0) is 25.5. The number of hydrogen-bond donors (Lipinski definition) is 0. The van der Waals surface area contributed by atoms with Crippen molar-refractivity contribution in [2.75, 3.05) is 27.2 Å². The summed E-state index contributed by atoms with van der Waals surface area (Å²) in [5.74, 6) is -0.496. The SMILES string of the molecule is CN(C)CCCCCN(Cc1cccc(F)n1)Cc1cn(S(=O)(=O)c2ccccc2)c2ccccc12. The maximum Gasteiger partial charge on any atom is 0.268 e. The smallest absolute Gasteiger partial charge is 0.268 e. The molecule has 2 aromatic carbocycles. The molecule has 0 saturated carbocycles. The normalized spacial score (nSPS) is 12.1. The Bertz CT molecular complexity index is 1390. The van der Waals surface area contributed by atoms with Crippen LogP contribution in [-0.2, 0) is 23.1 Å². The Balaban J connectivity index is 1.62. The van der Waals surface area contributed by atoms with Gasteiger partial charge < -0.3 is 4.90 Å². The number of hydrogen-bond acceptors (Lipinski definition) is 5. The number of rotatable bonds is 12. The Hall–Kier alpha value is -3.07. The van der Waals surface area contributed by atoms with Gasteiger partial charge >= 0.3 is 0 Å². The predicted molar refractivity (Wildman–Crippen MR) is 142 cm³/mol. The summed E-state index contributed by atoms with van der Waals surface area (Å²) in [4.78, 5) is 8.70. The summed E-state index contributed by atoms with van der Waals surface area (Å²) in [5, 5.41) is 0.891. The molecule has 0 aliphatic rings. The zero-order valence-corrected chi connectivity index (χ0v) is 21.7. The molecule has 0 N–H and O–H groups in total. The molecule has 190 valence electrons. The molecule has 2 aromatic heterocycles. The first-order valence-electron chi connectivity index (χ1n) is 12.2. The Morgan fingerprint density at radius 1 is 0.833 bits per heavy atom. The van der Waals surface area contributed by atoms with Gasteiger partial charge in [-0.2, -0.15) is 4.39 Å². The van der Waals surface area contributed by atoms with E-state index < -0.39 is 16.0 Å². The third kappa shape index (κ3) is 6.37. The van der Waals surface area contributed by atoms with Crippen LogP contribution in [0, 0.1) is 5.95 Å². The second-order valence-electron chi connectivity index (χ2n) is 9.31. The van der Waals surface area contributed by atoms with Crippen LogP contribution in [-0.4, -0.2) is 54.4 Å². The predicted octanol–water partition coefficient (Wildman–Crippen LogP) is 5.15. The third-order valence-corrected chi connectivity index (χ3v) is 7.88. The molecule has 4 rings (SSSR count). The van der Waals surface area contributed by atoms with Crippen molar-refractivity contribution in [1.82, 2.24) is 18.8 Å². The summed E-state index contributed by atoms with van der Waals surface area (Å²) >= 11 is 0. The molecule has 0 aliphatic carbocycles. The summed E-state index contributed by atoms with van der Waals surface area (Å²) in [6.45, 7) is 2.85. The van der Waals surface area contributed by atoms with Crippen LogP contribution in [0.3, 0.4) is 0 Å². The summed E-state index contributed by atoms with van der Waals surface area (Å²) < 4.78 is 42.1. The second kappa shape index (κ2) is 11.8. The lowest BCUT2D eigenvalue weighted by Gasteiger charge is -2.22. The van der Waals surface area contributed by atoms with Gasteiger partial charge in [0.15, 0.2) is 0 Å². The highest BCUT2D eigenvalue weighted by atomic mass is 32.2. The van der Waals surface area contributed by atoms with Crippen LogP contribution < -0.4 is 0 Å². The van der Waals surface area contributed by atoms with E-state index in [4.69, 9.17) is 0 Å². The Kier molecular flexibility index (Phi) is 8.51. The van der Waals surface area contributed by atoms with Crippen molar-refractivity contribution in [2.45, 2.75) is 37.2 Å². The largest absolute Gasteiger partial charge is 0.309 e. The fourth-order valence-corrected chi connectivity index (χ4v) is 5.82. The number of unbranched alkanes of at least 4 members (excludes halogenated alkanes) is 2. The van der Waals surface area contributed by atoms with Crippen LogP contribution in [0.5, 0.6) is 0 Å². The first kappa shape index (κ1) is 26.0. The molecule has 0 spiro atoms. The Morgan fingerprint density at radius 3 is 2.31 bits per heavy atom. The van der Waals surface area contributed by atoms with E-state index in [-0.39, 0.29) is 4.90 Å². The molecule has 0 radical (unpaired) electrons. The van der Waals surface area contributed by atoms with Crippen LogP contribution in [0.4, 0.5) is 4.39 Å². The molecule has 8 heteroatoms. The molecule has 6 nitrogen and oxygen atoms in total. The molecule has 0 fully saturated rings. The van der Waals surface area contributed by atoms with Crippen LogP contribution in [0.25, 0.3) is 10.9 Å². The second-order valence-corrected chi connectivity index (χ2v) is 11.1. The molecule has 0 aliphatic heterocycles. The first-order chi connectivity index (χ1) is 17.3. The number of benzene rings is 2. The molecule has 0 bridgehead atoms. The Labute approximate surface area is 213 Å². The number of aromatic nitrogens is 2. The summed E-state index contributed by atoms with van der Waals surface area (Å²) in [6.07, 6.45) is 4.90. The quantitative estimate of drug-likeness (QED) is 0.196. The molecule has 36 heavy (non-hydrogen) atoms. The highest BCUT2D eigenvalue weighted by Gasteiger charge is 2.22. The number of halogens is 1. The van der Waals surface area contributed by atoms with Crippen molar-refractivity contribution in [3.63, 3.8) is 0 Å². The molecule has 2 heterocycles. The van der Waals surface area contributed by atoms with Crippen molar-refractivity contribution >= 4 is 20.9 Å². The summed E-state index contributed by atoms with van der Waals surface area (Å²) in [5.41, 5.74) is 2.21. The fourth-order valence-electron chi connectivity index (χ4n) is 4.41. The van der Waals surface area contributed by atoms with E-state index in [0.717, 1.165) is 43.3 Å². The maximum absolute atomic E-state index is 13.8. The van der Waals surface area contributed by atoms with Crippen molar-refractivity contribution < 1.29 is 12.8 Å². The molecule has 0 unspecified atom stereocenters. The van der Waals surface area contributed by atoms with Gasteiger partial charge in [0.05, 0.1) is 16.1 Å². The molecule has 0 saturated heterocycles. The van der Waals surface area contributed by atoms with E-state index in [1.54, 1.807) is 42.6 Å². The molecular weight excluding hydrogens is 475 g/mol. The average molecular weight is 509 g/mol. The van der Waals surface area contributed by atoms with Gasteiger partial charge in [0, 0.05) is 24.7 Å². The lowest BCUT2D eigenvalue weighted by atomic mass is 10.1. The van der Waals surface area contributed by atoms with Crippen molar-refractivity contribution in [3.05, 3.63) is 96.2 Å². The van der Waals surface area contributed by atoms with E-state index >= 15 is 0 Å². The standard InChI is InChI=1S/C28H33FN4O2S/c1-31(2)18-9-4-10-19-32(22-24-12-11-17-28(29)30-24)20-23-21-33(27-16-8-7-15-26(23)27)36(34,35)25-13-5-3-6-14-25/h3,5-8,11-17,21H,4,9-10,18-20,22H2,1-2H3. The number of pyridine rings is 1.